The highest BCUT2D eigenvalue weighted by Gasteiger charge is 2.41. The predicted octanol–water partition coefficient (Wildman–Crippen LogP) is 4.01. The number of ether oxygens (including phenoxy) is 1. The fraction of sp³-hybridized carbons (Fsp3) is 0.318. The number of amides is 2. The smallest absolute Gasteiger partial charge is 0.385 e. The molecule has 2 heterocycles. The predicted molar refractivity (Wildman–Crippen MR) is 112 cm³/mol. The van der Waals surface area contributed by atoms with Gasteiger partial charge in [0.1, 0.15) is 6.04 Å². The van der Waals surface area contributed by atoms with Gasteiger partial charge in [-0.15, -0.1) is 0 Å². The van der Waals surface area contributed by atoms with E-state index in [9.17, 15) is 22.8 Å². The molecule has 0 aliphatic carbocycles. The third kappa shape index (κ3) is 4.05. The second kappa shape index (κ2) is 8.62. The second-order valence-corrected chi connectivity index (χ2v) is 7.42. The number of para-hydroxylation sites is 3. The van der Waals surface area contributed by atoms with Gasteiger partial charge in [-0.2, -0.15) is 13.2 Å². The maximum absolute atomic E-state index is 13.3. The first-order valence-corrected chi connectivity index (χ1v) is 10.0. The lowest BCUT2D eigenvalue weighted by Crippen LogP contribution is -2.32. The van der Waals surface area contributed by atoms with E-state index < -0.39 is 23.7 Å². The molecule has 0 bridgehead atoms. The fourth-order valence-electron chi connectivity index (χ4n) is 3.89. The van der Waals surface area contributed by atoms with Crippen molar-refractivity contribution >= 4 is 34.5 Å². The summed E-state index contributed by atoms with van der Waals surface area (Å²) in [6.45, 7) is 0.800. The molecule has 0 radical (unpaired) electrons. The van der Waals surface area contributed by atoms with Crippen molar-refractivity contribution in [2.45, 2.75) is 25.1 Å². The van der Waals surface area contributed by atoms with Gasteiger partial charge in [0.2, 0.25) is 11.9 Å². The first kappa shape index (κ1) is 21.8. The number of anilines is 2. The Morgan fingerprint density at radius 1 is 1.16 bits per heavy atom. The van der Waals surface area contributed by atoms with E-state index >= 15 is 0 Å². The third-order valence-electron chi connectivity index (χ3n) is 5.30. The number of fused-ring (bicyclic) bond motifs is 3. The van der Waals surface area contributed by atoms with Gasteiger partial charge < -0.3 is 10.1 Å². The van der Waals surface area contributed by atoms with Gasteiger partial charge in [0.05, 0.1) is 28.7 Å². The van der Waals surface area contributed by atoms with E-state index in [0.717, 1.165) is 6.07 Å². The summed E-state index contributed by atoms with van der Waals surface area (Å²) in [5.41, 5.74) is 0.0577. The van der Waals surface area contributed by atoms with Crippen LogP contribution in [0, 0.1) is 0 Å². The Kier molecular flexibility index (Phi) is 5.88. The SMILES string of the molecule is COCCCN1C(=O)C(CC(=O)Nc2ccccc2C(F)(F)F)n2c1nc1ccccc12. The summed E-state index contributed by atoms with van der Waals surface area (Å²) in [5.74, 6) is -0.600. The first-order valence-electron chi connectivity index (χ1n) is 10.0. The van der Waals surface area contributed by atoms with Crippen molar-refractivity contribution < 1.29 is 27.5 Å². The molecule has 1 aliphatic rings. The number of benzene rings is 2. The Morgan fingerprint density at radius 2 is 1.88 bits per heavy atom. The minimum Gasteiger partial charge on any atom is -0.385 e. The lowest BCUT2D eigenvalue weighted by Gasteiger charge is -2.17. The molecule has 32 heavy (non-hydrogen) atoms. The minimum atomic E-state index is -4.61. The van der Waals surface area contributed by atoms with Gasteiger partial charge in [0.15, 0.2) is 0 Å². The molecule has 4 rings (SSSR count). The van der Waals surface area contributed by atoms with E-state index in [1.807, 2.05) is 6.07 Å². The number of nitrogens with one attached hydrogen (secondary N) is 1. The molecule has 1 unspecified atom stereocenters. The monoisotopic (exact) mass is 446 g/mol. The maximum Gasteiger partial charge on any atom is 0.418 e. The number of imidazole rings is 1. The van der Waals surface area contributed by atoms with Crippen LogP contribution in [0.5, 0.6) is 0 Å². The zero-order valence-electron chi connectivity index (χ0n) is 17.2. The summed E-state index contributed by atoms with van der Waals surface area (Å²) in [6.07, 6.45) is -4.36. The van der Waals surface area contributed by atoms with E-state index in [4.69, 9.17) is 4.74 Å². The Morgan fingerprint density at radius 3 is 2.62 bits per heavy atom. The van der Waals surface area contributed by atoms with Crippen molar-refractivity contribution in [2.24, 2.45) is 0 Å². The van der Waals surface area contributed by atoms with Crippen molar-refractivity contribution in [3.05, 3.63) is 54.1 Å². The average Bonchev–Trinajstić information content (AvgIpc) is 3.24. The van der Waals surface area contributed by atoms with Crippen molar-refractivity contribution in [2.75, 3.05) is 30.5 Å². The lowest BCUT2D eigenvalue weighted by atomic mass is 10.1. The molecule has 10 heteroatoms. The van der Waals surface area contributed by atoms with Crippen molar-refractivity contribution in [1.82, 2.24) is 9.55 Å². The average molecular weight is 446 g/mol. The number of halogens is 3. The summed E-state index contributed by atoms with van der Waals surface area (Å²) < 4.78 is 46.5. The van der Waals surface area contributed by atoms with Gasteiger partial charge in [0.25, 0.3) is 5.91 Å². The van der Waals surface area contributed by atoms with Crippen molar-refractivity contribution in [1.29, 1.82) is 0 Å². The molecule has 1 atom stereocenters. The number of carbonyl (C=O) groups is 2. The van der Waals surface area contributed by atoms with Crippen LogP contribution in [0.1, 0.15) is 24.4 Å². The number of nitrogens with zero attached hydrogens (tertiary/aromatic N) is 3. The summed E-state index contributed by atoms with van der Waals surface area (Å²) in [5, 5.41) is 2.32. The van der Waals surface area contributed by atoms with Crippen LogP contribution < -0.4 is 10.2 Å². The molecule has 1 N–H and O–H groups in total. The third-order valence-corrected chi connectivity index (χ3v) is 5.30. The molecule has 0 saturated heterocycles. The highest BCUT2D eigenvalue weighted by atomic mass is 19.4. The molecule has 2 aromatic carbocycles. The Hall–Kier alpha value is -3.40. The number of rotatable bonds is 7. The van der Waals surface area contributed by atoms with Gasteiger partial charge >= 0.3 is 6.18 Å². The summed E-state index contributed by atoms with van der Waals surface area (Å²) in [6, 6.07) is 11.0. The maximum atomic E-state index is 13.3. The molecule has 0 spiro atoms. The van der Waals surface area contributed by atoms with Crippen LogP contribution >= 0.6 is 0 Å². The number of aromatic nitrogens is 2. The zero-order chi connectivity index (χ0) is 22.9. The first-order chi connectivity index (χ1) is 15.3. The fourth-order valence-corrected chi connectivity index (χ4v) is 3.89. The van der Waals surface area contributed by atoms with E-state index in [1.165, 1.54) is 23.1 Å². The largest absolute Gasteiger partial charge is 0.418 e. The van der Waals surface area contributed by atoms with Crippen LogP contribution in [0.2, 0.25) is 0 Å². The van der Waals surface area contributed by atoms with E-state index in [2.05, 4.69) is 10.3 Å². The van der Waals surface area contributed by atoms with Crippen LogP contribution in [0.3, 0.4) is 0 Å². The molecule has 0 saturated carbocycles. The lowest BCUT2D eigenvalue weighted by molar-refractivity contribution is -0.137. The van der Waals surface area contributed by atoms with Crippen LogP contribution in [-0.2, 0) is 20.5 Å². The van der Waals surface area contributed by atoms with Crippen LogP contribution in [0.25, 0.3) is 11.0 Å². The standard InChI is InChI=1S/C22H21F3N4O3/c1-32-12-6-11-28-20(31)18(29-17-10-5-4-9-16(17)27-21(28)29)13-19(30)26-15-8-3-2-7-14(15)22(23,24)25/h2-5,7-10,18H,6,11-13H2,1H3,(H,26,30). The molecule has 7 nitrogen and oxygen atoms in total. The van der Waals surface area contributed by atoms with E-state index in [1.54, 1.807) is 29.9 Å². The molecule has 3 aromatic rings. The van der Waals surface area contributed by atoms with Gasteiger partial charge in [-0.1, -0.05) is 24.3 Å². The highest BCUT2D eigenvalue weighted by molar-refractivity contribution is 6.05. The Labute approximate surface area is 181 Å². The molecule has 168 valence electrons. The highest BCUT2D eigenvalue weighted by Crippen LogP contribution is 2.38. The van der Waals surface area contributed by atoms with Crippen LogP contribution in [-0.4, -0.2) is 41.6 Å². The zero-order valence-corrected chi connectivity index (χ0v) is 17.2. The topological polar surface area (TPSA) is 76.5 Å². The molecule has 2 amide bonds. The Bertz CT molecular complexity index is 1160. The van der Waals surface area contributed by atoms with Crippen LogP contribution in [0.4, 0.5) is 24.8 Å². The number of hydrogen-bond acceptors (Lipinski definition) is 4. The molecule has 1 aromatic heterocycles. The van der Waals surface area contributed by atoms with E-state index in [-0.39, 0.29) is 18.0 Å². The molecule has 1 aliphatic heterocycles. The summed E-state index contributed by atoms with van der Waals surface area (Å²) in [7, 11) is 1.56. The van der Waals surface area contributed by atoms with E-state index in [0.29, 0.717) is 36.6 Å². The quantitative estimate of drug-likeness (QED) is 0.557. The normalized spacial score (nSPS) is 15.9. The minimum absolute atomic E-state index is 0.320. The number of hydrogen-bond donors (Lipinski definition) is 1. The van der Waals surface area contributed by atoms with Gasteiger partial charge in [0, 0.05) is 20.3 Å². The van der Waals surface area contributed by atoms with Gasteiger partial charge in [-0.25, -0.2) is 4.98 Å². The summed E-state index contributed by atoms with van der Waals surface area (Å²) >= 11 is 0. The Balaban J connectivity index is 1.62. The molecule has 0 fully saturated rings. The summed E-state index contributed by atoms with van der Waals surface area (Å²) in [4.78, 5) is 31.9. The number of carbonyl (C=O) groups excluding carboxylic acids is 2. The molecular weight excluding hydrogens is 425 g/mol. The number of methoxy groups -OCH3 is 1. The van der Waals surface area contributed by atoms with Gasteiger partial charge in [-0.05, 0) is 30.7 Å². The van der Waals surface area contributed by atoms with Crippen molar-refractivity contribution in [3.8, 4) is 0 Å². The van der Waals surface area contributed by atoms with Gasteiger partial charge in [-0.3, -0.25) is 19.1 Å². The second-order valence-electron chi connectivity index (χ2n) is 7.42. The number of alkyl halides is 3. The van der Waals surface area contributed by atoms with Crippen molar-refractivity contribution in [3.63, 3.8) is 0 Å². The molecular formula is C22H21F3N4O3. The van der Waals surface area contributed by atoms with Crippen LogP contribution in [0.15, 0.2) is 48.5 Å².